The van der Waals surface area contributed by atoms with E-state index in [4.69, 9.17) is 10.3 Å². The standard InChI is InChI=1S/C12H22N4O/c1-9(2)16-8-4-3-5-10(16)12-14-11(6-7-13)15-17-12/h9-10H,3-8,13H2,1-2H3. The molecule has 1 aromatic heterocycles. The highest BCUT2D eigenvalue weighted by molar-refractivity contribution is 4.96. The third-order valence-corrected chi connectivity index (χ3v) is 3.34. The van der Waals surface area contributed by atoms with Gasteiger partial charge in [-0.2, -0.15) is 4.98 Å². The van der Waals surface area contributed by atoms with Crippen LogP contribution in [0, 0.1) is 0 Å². The number of aromatic nitrogens is 2. The molecule has 1 saturated heterocycles. The summed E-state index contributed by atoms with van der Waals surface area (Å²) in [4.78, 5) is 6.90. The van der Waals surface area contributed by atoms with Crippen molar-refractivity contribution in [3.05, 3.63) is 11.7 Å². The molecule has 0 spiro atoms. The van der Waals surface area contributed by atoms with Gasteiger partial charge in [0, 0.05) is 12.5 Å². The summed E-state index contributed by atoms with van der Waals surface area (Å²) in [6, 6.07) is 0.813. The van der Waals surface area contributed by atoms with Gasteiger partial charge in [0.25, 0.3) is 0 Å². The van der Waals surface area contributed by atoms with Crippen LogP contribution in [0.25, 0.3) is 0 Å². The summed E-state index contributed by atoms with van der Waals surface area (Å²) < 4.78 is 5.38. The molecule has 0 amide bonds. The van der Waals surface area contributed by atoms with Gasteiger partial charge in [0.15, 0.2) is 5.82 Å². The van der Waals surface area contributed by atoms with Crippen molar-refractivity contribution in [3.63, 3.8) is 0 Å². The fourth-order valence-corrected chi connectivity index (χ4v) is 2.47. The maximum atomic E-state index is 5.49. The third kappa shape index (κ3) is 2.84. The summed E-state index contributed by atoms with van der Waals surface area (Å²) in [5.74, 6) is 1.50. The Morgan fingerprint density at radius 1 is 1.47 bits per heavy atom. The summed E-state index contributed by atoms with van der Waals surface area (Å²) >= 11 is 0. The summed E-state index contributed by atoms with van der Waals surface area (Å²) in [5, 5.41) is 3.98. The first-order valence-corrected chi connectivity index (χ1v) is 6.50. The van der Waals surface area contributed by atoms with Gasteiger partial charge in [-0.05, 0) is 39.8 Å². The first kappa shape index (κ1) is 12.5. The molecule has 1 unspecified atom stereocenters. The fraction of sp³-hybridized carbons (Fsp3) is 0.833. The number of rotatable bonds is 4. The molecule has 1 atom stereocenters. The van der Waals surface area contributed by atoms with Crippen LogP contribution in [0.15, 0.2) is 4.52 Å². The lowest BCUT2D eigenvalue weighted by atomic mass is 10.0. The van der Waals surface area contributed by atoms with Crippen LogP contribution >= 0.6 is 0 Å². The molecular weight excluding hydrogens is 216 g/mol. The van der Waals surface area contributed by atoms with Crippen molar-refractivity contribution in [3.8, 4) is 0 Å². The predicted molar refractivity (Wildman–Crippen MR) is 65.5 cm³/mol. The minimum Gasteiger partial charge on any atom is -0.338 e. The van der Waals surface area contributed by atoms with E-state index < -0.39 is 0 Å². The molecule has 2 rings (SSSR count). The Labute approximate surface area is 102 Å². The molecule has 1 aromatic rings. The lowest BCUT2D eigenvalue weighted by Crippen LogP contribution is -2.38. The Hall–Kier alpha value is -0.940. The zero-order valence-electron chi connectivity index (χ0n) is 10.7. The normalized spacial score (nSPS) is 22.2. The molecule has 0 bridgehead atoms. The van der Waals surface area contributed by atoms with Gasteiger partial charge in [0.05, 0.1) is 6.04 Å². The molecule has 1 fully saturated rings. The van der Waals surface area contributed by atoms with E-state index in [1.807, 2.05) is 0 Å². The van der Waals surface area contributed by atoms with Crippen molar-refractivity contribution in [2.45, 2.75) is 51.6 Å². The van der Waals surface area contributed by atoms with E-state index in [0.29, 0.717) is 25.0 Å². The van der Waals surface area contributed by atoms with Crippen LogP contribution < -0.4 is 5.73 Å². The van der Waals surface area contributed by atoms with Gasteiger partial charge in [-0.25, -0.2) is 0 Å². The predicted octanol–water partition coefficient (Wildman–Crippen LogP) is 1.51. The molecule has 0 radical (unpaired) electrons. The van der Waals surface area contributed by atoms with Crippen molar-refractivity contribution in [2.24, 2.45) is 5.73 Å². The van der Waals surface area contributed by atoms with E-state index in [-0.39, 0.29) is 0 Å². The quantitative estimate of drug-likeness (QED) is 0.861. The smallest absolute Gasteiger partial charge is 0.244 e. The van der Waals surface area contributed by atoms with Crippen molar-refractivity contribution in [1.82, 2.24) is 15.0 Å². The largest absolute Gasteiger partial charge is 0.338 e. The van der Waals surface area contributed by atoms with Crippen LogP contribution in [0.5, 0.6) is 0 Å². The third-order valence-electron chi connectivity index (χ3n) is 3.34. The second-order valence-electron chi connectivity index (χ2n) is 4.93. The number of hydrogen-bond acceptors (Lipinski definition) is 5. The van der Waals surface area contributed by atoms with Gasteiger partial charge in [-0.15, -0.1) is 0 Å². The molecule has 1 aliphatic rings. The van der Waals surface area contributed by atoms with E-state index in [0.717, 1.165) is 24.7 Å². The van der Waals surface area contributed by atoms with Crippen LogP contribution in [-0.2, 0) is 6.42 Å². The lowest BCUT2D eigenvalue weighted by Gasteiger charge is -2.36. The molecule has 0 saturated carbocycles. The molecule has 17 heavy (non-hydrogen) atoms. The highest BCUT2D eigenvalue weighted by atomic mass is 16.5. The average molecular weight is 238 g/mol. The molecule has 0 aliphatic carbocycles. The van der Waals surface area contributed by atoms with E-state index >= 15 is 0 Å². The second kappa shape index (κ2) is 5.60. The van der Waals surface area contributed by atoms with E-state index in [9.17, 15) is 0 Å². The molecule has 5 nitrogen and oxygen atoms in total. The van der Waals surface area contributed by atoms with Gasteiger partial charge >= 0.3 is 0 Å². The highest BCUT2D eigenvalue weighted by Crippen LogP contribution is 2.31. The highest BCUT2D eigenvalue weighted by Gasteiger charge is 2.30. The van der Waals surface area contributed by atoms with E-state index in [1.165, 1.54) is 12.8 Å². The van der Waals surface area contributed by atoms with Crippen molar-refractivity contribution >= 4 is 0 Å². The van der Waals surface area contributed by atoms with Crippen molar-refractivity contribution in [1.29, 1.82) is 0 Å². The SMILES string of the molecule is CC(C)N1CCCCC1c1nc(CCN)no1. The zero-order valence-corrected chi connectivity index (χ0v) is 10.7. The van der Waals surface area contributed by atoms with E-state index in [1.54, 1.807) is 0 Å². The summed E-state index contributed by atoms with van der Waals surface area (Å²) in [6.45, 7) is 6.12. The first-order chi connectivity index (χ1) is 8.22. The van der Waals surface area contributed by atoms with Crippen molar-refractivity contribution < 1.29 is 4.52 Å². The molecule has 0 aromatic carbocycles. The van der Waals surface area contributed by atoms with Gasteiger partial charge in [-0.1, -0.05) is 11.6 Å². The van der Waals surface area contributed by atoms with Crippen molar-refractivity contribution in [2.75, 3.05) is 13.1 Å². The molecule has 5 heteroatoms. The van der Waals surface area contributed by atoms with Crippen LogP contribution in [0.4, 0.5) is 0 Å². The number of piperidine rings is 1. The molecule has 96 valence electrons. The Balaban J connectivity index is 2.11. The number of hydrogen-bond donors (Lipinski definition) is 1. The van der Waals surface area contributed by atoms with Crippen LogP contribution in [0.1, 0.15) is 50.9 Å². The number of nitrogens with two attached hydrogens (primary N) is 1. The Kier molecular flexibility index (Phi) is 4.12. The Morgan fingerprint density at radius 2 is 2.29 bits per heavy atom. The minimum absolute atomic E-state index is 0.294. The minimum atomic E-state index is 0.294. The van der Waals surface area contributed by atoms with Gasteiger partial charge in [-0.3, -0.25) is 4.90 Å². The summed E-state index contributed by atoms with van der Waals surface area (Å²) in [5.41, 5.74) is 5.49. The second-order valence-corrected chi connectivity index (χ2v) is 4.93. The molecular formula is C12H22N4O. The Bertz CT molecular complexity index is 350. The number of likely N-dealkylation sites (tertiary alicyclic amines) is 1. The summed E-state index contributed by atoms with van der Waals surface area (Å²) in [7, 11) is 0. The molecule has 2 N–H and O–H groups in total. The van der Waals surface area contributed by atoms with Gasteiger partial charge < -0.3 is 10.3 Å². The maximum absolute atomic E-state index is 5.49. The van der Waals surface area contributed by atoms with Crippen LogP contribution in [0.2, 0.25) is 0 Å². The zero-order chi connectivity index (χ0) is 12.3. The lowest BCUT2D eigenvalue weighted by molar-refractivity contribution is 0.0875. The van der Waals surface area contributed by atoms with Gasteiger partial charge in [0.1, 0.15) is 0 Å². The number of nitrogens with zero attached hydrogens (tertiary/aromatic N) is 3. The average Bonchev–Trinajstić information content (AvgIpc) is 2.78. The maximum Gasteiger partial charge on any atom is 0.244 e. The Morgan fingerprint density at radius 3 is 3.00 bits per heavy atom. The topological polar surface area (TPSA) is 68.2 Å². The fourth-order valence-electron chi connectivity index (χ4n) is 2.47. The van der Waals surface area contributed by atoms with E-state index in [2.05, 4.69) is 28.9 Å². The molecule has 1 aliphatic heterocycles. The van der Waals surface area contributed by atoms with Crippen LogP contribution in [-0.4, -0.2) is 34.2 Å². The monoisotopic (exact) mass is 238 g/mol. The van der Waals surface area contributed by atoms with Gasteiger partial charge in [0.2, 0.25) is 5.89 Å². The summed E-state index contributed by atoms with van der Waals surface area (Å²) in [6.07, 6.45) is 4.31. The molecule has 2 heterocycles. The van der Waals surface area contributed by atoms with Crippen LogP contribution in [0.3, 0.4) is 0 Å². The first-order valence-electron chi connectivity index (χ1n) is 6.50.